The summed E-state index contributed by atoms with van der Waals surface area (Å²) in [5.74, 6) is 1.72. The summed E-state index contributed by atoms with van der Waals surface area (Å²) in [5.41, 5.74) is 1.47. The molecule has 1 aliphatic heterocycles. The smallest absolute Gasteiger partial charge is 0.242 e. The predicted octanol–water partition coefficient (Wildman–Crippen LogP) is 4.87. The van der Waals surface area contributed by atoms with Crippen molar-refractivity contribution >= 4 is 8.32 Å². The van der Waals surface area contributed by atoms with Crippen LogP contribution in [0, 0.1) is 17.3 Å². The van der Waals surface area contributed by atoms with Crippen molar-refractivity contribution in [1.29, 1.82) is 0 Å². The topological polar surface area (TPSA) is 27.7 Å². The Morgan fingerprint density at radius 1 is 1.17 bits per heavy atom. The summed E-state index contributed by atoms with van der Waals surface area (Å²) < 4.78 is 18.5. The highest BCUT2D eigenvalue weighted by molar-refractivity contribution is 6.70. The molecule has 3 rings (SSSR count). The van der Waals surface area contributed by atoms with E-state index in [1.165, 1.54) is 12.0 Å². The van der Waals surface area contributed by atoms with Crippen LogP contribution in [0.2, 0.25) is 19.6 Å². The van der Waals surface area contributed by atoms with Crippen LogP contribution in [0.5, 0.6) is 0 Å². The Labute approximate surface area is 142 Å². The van der Waals surface area contributed by atoms with E-state index in [1.54, 1.807) is 0 Å². The summed E-state index contributed by atoms with van der Waals surface area (Å²) in [5, 5.41) is 0. The lowest BCUT2D eigenvalue weighted by atomic mass is 9.69. The number of hydrogen-bond acceptors (Lipinski definition) is 3. The molecule has 0 aromatic rings. The molecule has 0 amide bonds. The number of hydrogen-bond donors (Lipinski definition) is 0. The zero-order valence-electron chi connectivity index (χ0n) is 15.6. The minimum atomic E-state index is -1.65. The van der Waals surface area contributed by atoms with Gasteiger partial charge < -0.3 is 13.9 Å². The first-order valence-electron chi connectivity index (χ1n) is 9.08. The van der Waals surface area contributed by atoms with Crippen molar-refractivity contribution in [3.8, 4) is 0 Å². The highest BCUT2D eigenvalue weighted by Gasteiger charge is 2.50. The van der Waals surface area contributed by atoms with Gasteiger partial charge in [0, 0.05) is 17.4 Å². The fourth-order valence-electron chi connectivity index (χ4n) is 4.47. The van der Waals surface area contributed by atoms with Crippen LogP contribution in [0.1, 0.15) is 40.0 Å². The standard InChI is InChI=1S/C19H32O3Si/c1-14(2)15-12-17(22-23(4,5)6)16-13-19(20-10-11-21-19)9-7-8-18(15,16)3/h12-15H,7-11H2,1-6H3/t15-,18-/m1/s1. The maximum Gasteiger partial charge on any atom is 0.242 e. The first kappa shape index (κ1) is 17.2. The van der Waals surface area contributed by atoms with Gasteiger partial charge in [-0.15, -0.1) is 0 Å². The van der Waals surface area contributed by atoms with Gasteiger partial charge in [0.15, 0.2) is 5.79 Å². The highest BCUT2D eigenvalue weighted by Crippen LogP contribution is 2.56. The Morgan fingerprint density at radius 2 is 1.83 bits per heavy atom. The van der Waals surface area contributed by atoms with Crippen LogP contribution in [0.3, 0.4) is 0 Å². The molecule has 0 bridgehead atoms. The summed E-state index contributed by atoms with van der Waals surface area (Å²) in [6.45, 7) is 15.2. The molecule has 1 spiro atoms. The number of ether oxygens (including phenoxy) is 2. The van der Waals surface area contributed by atoms with Crippen LogP contribution < -0.4 is 0 Å². The van der Waals surface area contributed by atoms with Crippen molar-refractivity contribution in [2.75, 3.05) is 13.2 Å². The molecule has 0 unspecified atom stereocenters. The van der Waals surface area contributed by atoms with Crippen LogP contribution in [0.15, 0.2) is 23.5 Å². The quantitative estimate of drug-likeness (QED) is 0.688. The molecule has 1 fully saturated rings. The molecule has 3 aliphatic rings. The third kappa shape index (κ3) is 3.18. The maximum absolute atomic E-state index is 6.49. The second kappa shape index (κ2) is 5.75. The predicted molar refractivity (Wildman–Crippen MR) is 95.5 cm³/mol. The third-order valence-corrected chi connectivity index (χ3v) is 6.28. The normalized spacial score (nSPS) is 33.4. The zero-order chi connectivity index (χ0) is 16.9. The van der Waals surface area contributed by atoms with Gasteiger partial charge in [0.1, 0.15) is 5.76 Å². The fourth-order valence-corrected chi connectivity index (χ4v) is 5.31. The van der Waals surface area contributed by atoms with E-state index < -0.39 is 14.1 Å². The molecule has 1 saturated heterocycles. The zero-order valence-corrected chi connectivity index (χ0v) is 16.6. The molecule has 2 atom stereocenters. The molecule has 23 heavy (non-hydrogen) atoms. The Kier molecular flexibility index (Phi) is 4.31. The first-order valence-corrected chi connectivity index (χ1v) is 12.5. The lowest BCUT2D eigenvalue weighted by molar-refractivity contribution is -0.121. The minimum Gasteiger partial charge on any atom is -0.544 e. The van der Waals surface area contributed by atoms with Gasteiger partial charge in [0.2, 0.25) is 8.32 Å². The number of fused-ring (bicyclic) bond motifs is 1. The highest BCUT2D eigenvalue weighted by atomic mass is 28.4. The molecule has 1 heterocycles. The van der Waals surface area contributed by atoms with E-state index >= 15 is 0 Å². The Morgan fingerprint density at radius 3 is 2.39 bits per heavy atom. The van der Waals surface area contributed by atoms with Crippen molar-refractivity contribution in [3.05, 3.63) is 23.5 Å². The van der Waals surface area contributed by atoms with Gasteiger partial charge in [0.25, 0.3) is 0 Å². The Bertz CT molecular complexity index is 523. The average molecular weight is 337 g/mol. The van der Waals surface area contributed by atoms with Gasteiger partial charge in [-0.25, -0.2) is 0 Å². The van der Waals surface area contributed by atoms with Crippen molar-refractivity contribution < 1.29 is 13.9 Å². The minimum absolute atomic E-state index is 0.141. The molecular weight excluding hydrogens is 304 g/mol. The van der Waals surface area contributed by atoms with Crippen LogP contribution in [-0.4, -0.2) is 27.3 Å². The molecule has 0 radical (unpaired) electrons. The van der Waals surface area contributed by atoms with Crippen LogP contribution in [0.25, 0.3) is 0 Å². The lowest BCUT2D eigenvalue weighted by Crippen LogP contribution is -2.31. The number of rotatable bonds is 3. The summed E-state index contributed by atoms with van der Waals surface area (Å²) in [4.78, 5) is 0. The summed E-state index contributed by atoms with van der Waals surface area (Å²) in [6, 6.07) is 0. The monoisotopic (exact) mass is 336 g/mol. The Balaban J connectivity index is 2.04. The first-order chi connectivity index (χ1) is 10.7. The molecular formula is C19H32O3Si. The number of allylic oxidation sites excluding steroid dienone is 2. The van der Waals surface area contributed by atoms with E-state index in [9.17, 15) is 0 Å². The molecule has 0 aromatic carbocycles. The third-order valence-electron chi connectivity index (χ3n) is 5.44. The maximum atomic E-state index is 6.49. The molecule has 0 N–H and O–H groups in total. The van der Waals surface area contributed by atoms with Gasteiger partial charge in [-0.2, -0.15) is 0 Å². The van der Waals surface area contributed by atoms with Gasteiger partial charge in [-0.1, -0.05) is 20.8 Å². The lowest BCUT2D eigenvalue weighted by Gasteiger charge is -2.35. The van der Waals surface area contributed by atoms with E-state index in [-0.39, 0.29) is 5.41 Å². The SMILES string of the molecule is CC(C)[C@H]1C=C(O[Si](C)(C)C)C2=CC3(CCC[C@@]21C)OCCO3. The average Bonchev–Trinajstić information content (AvgIpc) is 2.91. The Hall–Kier alpha value is -0.583. The van der Waals surface area contributed by atoms with Crippen LogP contribution in [-0.2, 0) is 13.9 Å². The molecule has 130 valence electrons. The van der Waals surface area contributed by atoms with Crippen LogP contribution >= 0.6 is 0 Å². The van der Waals surface area contributed by atoms with Gasteiger partial charge in [0.05, 0.1) is 13.2 Å². The van der Waals surface area contributed by atoms with E-state index in [1.807, 2.05) is 0 Å². The van der Waals surface area contributed by atoms with E-state index in [0.29, 0.717) is 25.0 Å². The molecule has 0 aromatic heterocycles. The fraction of sp³-hybridized carbons (Fsp3) is 0.789. The van der Waals surface area contributed by atoms with E-state index in [2.05, 4.69) is 52.6 Å². The van der Waals surface area contributed by atoms with E-state index in [4.69, 9.17) is 13.9 Å². The van der Waals surface area contributed by atoms with Gasteiger partial charge >= 0.3 is 0 Å². The van der Waals surface area contributed by atoms with E-state index in [0.717, 1.165) is 18.6 Å². The summed E-state index contributed by atoms with van der Waals surface area (Å²) >= 11 is 0. The second-order valence-electron chi connectivity index (χ2n) is 8.85. The summed E-state index contributed by atoms with van der Waals surface area (Å²) in [7, 11) is -1.65. The largest absolute Gasteiger partial charge is 0.544 e. The van der Waals surface area contributed by atoms with Crippen molar-refractivity contribution in [1.82, 2.24) is 0 Å². The molecule has 4 heteroatoms. The second-order valence-corrected chi connectivity index (χ2v) is 13.3. The molecule has 0 saturated carbocycles. The molecule has 2 aliphatic carbocycles. The van der Waals surface area contributed by atoms with Gasteiger partial charge in [-0.3, -0.25) is 0 Å². The van der Waals surface area contributed by atoms with Gasteiger partial charge in [-0.05, 0) is 56.5 Å². The van der Waals surface area contributed by atoms with Crippen molar-refractivity contribution in [2.45, 2.75) is 65.5 Å². The van der Waals surface area contributed by atoms with Crippen molar-refractivity contribution in [2.24, 2.45) is 17.3 Å². The summed E-state index contributed by atoms with van der Waals surface area (Å²) in [6.07, 6.45) is 7.92. The van der Waals surface area contributed by atoms with Crippen molar-refractivity contribution in [3.63, 3.8) is 0 Å². The molecule has 3 nitrogen and oxygen atoms in total. The van der Waals surface area contributed by atoms with Crippen LogP contribution in [0.4, 0.5) is 0 Å².